The number of esters is 1. The van der Waals surface area contributed by atoms with Crippen molar-refractivity contribution in [3.8, 4) is 0 Å². The molecule has 3 heterocycles. The van der Waals surface area contributed by atoms with E-state index in [9.17, 15) is 13.6 Å². The molecule has 1 aliphatic rings. The van der Waals surface area contributed by atoms with Gasteiger partial charge in [0.05, 0.1) is 11.9 Å². The summed E-state index contributed by atoms with van der Waals surface area (Å²) in [5.41, 5.74) is 0.922. The minimum Gasteiger partial charge on any atom is -0.459 e. The van der Waals surface area contributed by atoms with Crippen LogP contribution in [0.3, 0.4) is 0 Å². The fourth-order valence-electron chi connectivity index (χ4n) is 2.75. The van der Waals surface area contributed by atoms with Gasteiger partial charge < -0.3 is 9.47 Å². The van der Waals surface area contributed by atoms with Crippen LogP contribution >= 0.6 is 11.6 Å². The zero-order chi connectivity index (χ0) is 19.7. The number of hydrogen-bond acceptors (Lipinski definition) is 6. The van der Waals surface area contributed by atoms with Gasteiger partial charge in [-0.05, 0) is 24.3 Å². The summed E-state index contributed by atoms with van der Waals surface area (Å²) in [6, 6.07) is 8.10. The van der Waals surface area contributed by atoms with Gasteiger partial charge >= 0.3 is 5.97 Å². The lowest BCUT2D eigenvalue weighted by atomic mass is 10.1. The zero-order valence-electron chi connectivity index (χ0n) is 14.2. The third kappa shape index (κ3) is 3.46. The Kier molecular flexibility index (Phi) is 4.78. The second-order valence-electron chi connectivity index (χ2n) is 6.00. The normalized spacial score (nSPS) is 21.0. The van der Waals surface area contributed by atoms with Gasteiger partial charge in [-0.2, -0.15) is 8.78 Å². The number of halogens is 3. The van der Waals surface area contributed by atoms with Crippen LogP contribution in [0.5, 0.6) is 0 Å². The van der Waals surface area contributed by atoms with Gasteiger partial charge in [-0.1, -0.05) is 29.8 Å². The van der Waals surface area contributed by atoms with Crippen LogP contribution in [0, 0.1) is 0 Å². The van der Waals surface area contributed by atoms with E-state index in [1.165, 1.54) is 35.4 Å². The topological polar surface area (TPSA) is 79.1 Å². The lowest BCUT2D eigenvalue weighted by Gasteiger charge is -2.32. The fourth-order valence-corrected chi connectivity index (χ4v) is 2.93. The lowest BCUT2D eigenvalue weighted by Crippen LogP contribution is -2.43. The molecule has 10 heteroatoms. The molecule has 0 bridgehead atoms. The van der Waals surface area contributed by atoms with Crippen LogP contribution in [-0.2, 0) is 9.47 Å². The van der Waals surface area contributed by atoms with Gasteiger partial charge in [0.1, 0.15) is 18.5 Å². The molecule has 0 fully saturated rings. The summed E-state index contributed by atoms with van der Waals surface area (Å²) in [5, 5.41) is 0.141. The van der Waals surface area contributed by atoms with Crippen molar-refractivity contribution in [3.05, 3.63) is 65.9 Å². The van der Waals surface area contributed by atoms with E-state index >= 15 is 0 Å². The number of alkyl halides is 2. The average molecular weight is 407 g/mol. The highest BCUT2D eigenvalue weighted by atomic mass is 35.5. The van der Waals surface area contributed by atoms with Crippen molar-refractivity contribution in [2.24, 2.45) is 0 Å². The summed E-state index contributed by atoms with van der Waals surface area (Å²) in [4.78, 5) is 24.0. The van der Waals surface area contributed by atoms with E-state index in [2.05, 4.69) is 15.0 Å². The van der Waals surface area contributed by atoms with Crippen molar-refractivity contribution in [1.82, 2.24) is 19.5 Å². The first-order valence-electron chi connectivity index (χ1n) is 8.23. The average Bonchev–Trinajstić information content (AvgIpc) is 3.13. The van der Waals surface area contributed by atoms with Crippen LogP contribution in [0.25, 0.3) is 11.2 Å². The maximum absolute atomic E-state index is 14.2. The number of carbonyl (C=O) groups is 1. The Labute approximate surface area is 162 Å². The number of ether oxygens (including phenoxy) is 2. The highest BCUT2D eigenvalue weighted by molar-refractivity contribution is 6.33. The Morgan fingerprint density at radius 3 is 2.82 bits per heavy atom. The van der Waals surface area contributed by atoms with Gasteiger partial charge in [-0.3, -0.25) is 4.57 Å². The van der Waals surface area contributed by atoms with Crippen molar-refractivity contribution in [2.45, 2.75) is 18.3 Å². The van der Waals surface area contributed by atoms with Gasteiger partial charge in [-0.25, -0.2) is 19.7 Å². The van der Waals surface area contributed by atoms with E-state index in [0.717, 1.165) is 6.08 Å². The second kappa shape index (κ2) is 7.25. The number of carbonyl (C=O) groups excluding carboxylic acids is 1. The maximum atomic E-state index is 14.2. The molecule has 2 atom stereocenters. The van der Waals surface area contributed by atoms with Crippen molar-refractivity contribution < 1.29 is 23.0 Å². The van der Waals surface area contributed by atoms with Crippen molar-refractivity contribution in [2.75, 3.05) is 6.61 Å². The predicted molar refractivity (Wildman–Crippen MR) is 95.1 cm³/mol. The first-order valence-corrected chi connectivity index (χ1v) is 8.61. The van der Waals surface area contributed by atoms with Crippen LogP contribution in [-0.4, -0.2) is 44.1 Å². The number of rotatable bonds is 4. The molecule has 7 nitrogen and oxygen atoms in total. The van der Waals surface area contributed by atoms with E-state index < -0.39 is 30.8 Å². The molecular weight excluding hydrogens is 394 g/mol. The first-order chi connectivity index (χ1) is 13.5. The summed E-state index contributed by atoms with van der Waals surface area (Å²) in [7, 11) is 0. The molecule has 28 heavy (non-hydrogen) atoms. The number of nitrogens with zero attached hydrogens (tertiary/aromatic N) is 4. The Morgan fingerprint density at radius 1 is 1.25 bits per heavy atom. The number of fused-ring (bicyclic) bond motifs is 1. The summed E-state index contributed by atoms with van der Waals surface area (Å²) in [6.45, 7) is -0.621. The molecule has 0 aliphatic carbocycles. The molecule has 4 rings (SSSR count). The molecule has 2 aromatic heterocycles. The minimum atomic E-state index is -3.31. The van der Waals surface area contributed by atoms with E-state index in [1.807, 2.05) is 0 Å². The van der Waals surface area contributed by atoms with Crippen LogP contribution in [0.15, 0.2) is 55.1 Å². The van der Waals surface area contributed by atoms with E-state index in [-0.39, 0.29) is 10.7 Å². The van der Waals surface area contributed by atoms with E-state index in [1.54, 1.807) is 18.2 Å². The Bertz CT molecular complexity index is 1040. The zero-order valence-corrected chi connectivity index (χ0v) is 15.0. The molecule has 1 aliphatic heterocycles. The molecule has 0 spiro atoms. The molecule has 0 radical (unpaired) electrons. The molecule has 0 saturated carbocycles. The second-order valence-corrected chi connectivity index (χ2v) is 6.36. The van der Waals surface area contributed by atoms with Crippen molar-refractivity contribution >= 4 is 28.7 Å². The maximum Gasteiger partial charge on any atom is 0.338 e. The number of imidazole rings is 1. The molecule has 1 aromatic carbocycles. The van der Waals surface area contributed by atoms with E-state index in [0.29, 0.717) is 11.2 Å². The third-order valence-corrected chi connectivity index (χ3v) is 4.46. The molecular formula is C18H13ClF2N4O3. The number of aromatic nitrogens is 4. The van der Waals surface area contributed by atoms with Gasteiger partial charge in [0, 0.05) is 0 Å². The monoisotopic (exact) mass is 406 g/mol. The van der Waals surface area contributed by atoms with Crippen LogP contribution in [0.4, 0.5) is 8.78 Å². The van der Waals surface area contributed by atoms with E-state index in [4.69, 9.17) is 21.1 Å². The Morgan fingerprint density at radius 2 is 2.04 bits per heavy atom. The van der Waals surface area contributed by atoms with Crippen LogP contribution < -0.4 is 0 Å². The summed E-state index contributed by atoms with van der Waals surface area (Å²) < 4.78 is 40.4. The highest BCUT2D eigenvalue weighted by Crippen LogP contribution is 2.34. The van der Waals surface area contributed by atoms with Crippen LogP contribution in [0.1, 0.15) is 16.6 Å². The fraction of sp³-hybridized carbons (Fsp3) is 0.222. The smallest absolute Gasteiger partial charge is 0.338 e. The van der Waals surface area contributed by atoms with Gasteiger partial charge in [-0.15, -0.1) is 0 Å². The Hall–Kier alpha value is -2.91. The molecule has 0 saturated heterocycles. The van der Waals surface area contributed by atoms with Gasteiger partial charge in [0.15, 0.2) is 23.1 Å². The molecule has 3 aromatic rings. The van der Waals surface area contributed by atoms with Crippen molar-refractivity contribution in [3.63, 3.8) is 0 Å². The minimum absolute atomic E-state index is 0.141. The van der Waals surface area contributed by atoms with Gasteiger partial charge in [0.25, 0.3) is 5.92 Å². The quantitative estimate of drug-likeness (QED) is 0.375. The highest BCUT2D eigenvalue weighted by Gasteiger charge is 2.44. The summed E-state index contributed by atoms with van der Waals surface area (Å²) in [5.74, 6) is -4.02. The standard InChI is InChI=1S/C18H13ClF2N4O3/c19-15-14-16(23-9-22-15)25(10-24-14)13-6-7-18(20,21)12(28-13)8-27-17(26)11-4-2-1-3-5-11/h1-7,9-10,12-13H,8H2/t12-,13+/m1/s1. The molecule has 0 N–H and O–H groups in total. The first kappa shape index (κ1) is 18.5. The predicted octanol–water partition coefficient (Wildman–Crippen LogP) is 3.43. The Balaban J connectivity index is 1.53. The molecule has 0 amide bonds. The number of benzene rings is 1. The van der Waals surface area contributed by atoms with Crippen LogP contribution in [0.2, 0.25) is 5.15 Å². The SMILES string of the molecule is O=C(OC[C@H]1O[C@H](n2cnc3c(Cl)ncnc32)C=CC1(F)F)c1ccccc1. The third-order valence-electron chi connectivity index (χ3n) is 4.18. The lowest BCUT2D eigenvalue weighted by molar-refractivity contribution is -0.167. The molecule has 144 valence electrons. The van der Waals surface area contributed by atoms with Crippen molar-refractivity contribution in [1.29, 1.82) is 0 Å². The summed E-state index contributed by atoms with van der Waals surface area (Å²) >= 11 is 5.96. The largest absolute Gasteiger partial charge is 0.459 e. The molecule has 0 unspecified atom stereocenters. The number of hydrogen-bond donors (Lipinski definition) is 0. The summed E-state index contributed by atoms with van der Waals surface area (Å²) in [6.07, 6.45) is 1.92. The van der Waals surface area contributed by atoms with Gasteiger partial charge in [0.2, 0.25) is 0 Å².